The molecule has 0 spiro atoms. The minimum atomic E-state index is -0.534. The summed E-state index contributed by atoms with van der Waals surface area (Å²) in [5.74, 6) is 1.02. The molecule has 1 saturated heterocycles. The maximum Gasteiger partial charge on any atom is 0.234 e. The lowest BCUT2D eigenvalue weighted by molar-refractivity contribution is -0.118. The van der Waals surface area contributed by atoms with Crippen molar-refractivity contribution in [1.82, 2.24) is 10.1 Å². The van der Waals surface area contributed by atoms with Gasteiger partial charge in [0.15, 0.2) is 0 Å². The summed E-state index contributed by atoms with van der Waals surface area (Å²) in [5, 5.41) is 3.98. The first-order valence-electron chi connectivity index (χ1n) is 6.68. The number of ether oxygens (including phenoxy) is 2. The van der Waals surface area contributed by atoms with Gasteiger partial charge in [-0.1, -0.05) is 12.1 Å². The summed E-state index contributed by atoms with van der Waals surface area (Å²) in [4.78, 5) is 15.9. The molecule has 6 nitrogen and oxygen atoms in total. The first-order chi connectivity index (χ1) is 9.20. The number of hydrogen-bond donors (Lipinski definition) is 0. The summed E-state index contributed by atoms with van der Waals surface area (Å²) in [6, 6.07) is 0. The van der Waals surface area contributed by atoms with E-state index in [4.69, 9.17) is 14.0 Å². The van der Waals surface area contributed by atoms with E-state index >= 15 is 0 Å². The third-order valence-corrected chi connectivity index (χ3v) is 3.44. The van der Waals surface area contributed by atoms with Crippen molar-refractivity contribution in [3.8, 4) is 0 Å². The van der Waals surface area contributed by atoms with Gasteiger partial charge in [-0.3, -0.25) is 4.79 Å². The Bertz CT molecular complexity index is 424. The van der Waals surface area contributed by atoms with Crippen molar-refractivity contribution in [1.29, 1.82) is 0 Å². The fraction of sp³-hybridized carbons (Fsp3) is 0.769. The topological polar surface area (TPSA) is 74.5 Å². The predicted octanol–water partition coefficient (Wildman–Crippen LogP) is 1.63. The molecule has 1 aliphatic rings. The van der Waals surface area contributed by atoms with Crippen molar-refractivity contribution in [3.05, 3.63) is 11.7 Å². The molecule has 0 aliphatic carbocycles. The lowest BCUT2D eigenvalue weighted by Gasteiger charge is -2.32. The zero-order chi connectivity index (χ0) is 13.7. The molecule has 19 heavy (non-hydrogen) atoms. The Kier molecular flexibility index (Phi) is 4.66. The SMILES string of the molecule is CCCC(=O)Cc1nc(C2(OC)CCOCC2)no1. The number of nitrogens with zero attached hydrogens (tertiary/aromatic N) is 2. The zero-order valence-corrected chi connectivity index (χ0v) is 11.5. The summed E-state index contributed by atoms with van der Waals surface area (Å²) in [5.41, 5.74) is -0.534. The van der Waals surface area contributed by atoms with Gasteiger partial charge in [0.25, 0.3) is 0 Å². The van der Waals surface area contributed by atoms with E-state index in [0.717, 1.165) is 6.42 Å². The molecule has 0 aromatic carbocycles. The number of rotatable bonds is 6. The Morgan fingerprint density at radius 3 is 2.79 bits per heavy atom. The van der Waals surface area contributed by atoms with Crippen LogP contribution in [0.3, 0.4) is 0 Å². The lowest BCUT2D eigenvalue weighted by Crippen LogP contribution is -2.36. The number of aromatic nitrogens is 2. The summed E-state index contributed by atoms with van der Waals surface area (Å²) in [6.07, 6.45) is 2.98. The first-order valence-corrected chi connectivity index (χ1v) is 6.68. The van der Waals surface area contributed by atoms with Gasteiger partial charge < -0.3 is 14.0 Å². The van der Waals surface area contributed by atoms with Crippen LogP contribution >= 0.6 is 0 Å². The van der Waals surface area contributed by atoms with Crippen molar-refractivity contribution < 1.29 is 18.8 Å². The summed E-state index contributed by atoms with van der Waals surface area (Å²) < 4.78 is 16.1. The molecule has 0 N–H and O–H groups in total. The van der Waals surface area contributed by atoms with Crippen LogP contribution in [0.25, 0.3) is 0 Å². The van der Waals surface area contributed by atoms with Crippen LogP contribution in [0, 0.1) is 0 Å². The molecule has 0 saturated carbocycles. The highest BCUT2D eigenvalue weighted by Gasteiger charge is 2.39. The quantitative estimate of drug-likeness (QED) is 0.780. The first kappa shape index (κ1) is 14.1. The van der Waals surface area contributed by atoms with Crippen LogP contribution in [0.2, 0.25) is 0 Å². The largest absolute Gasteiger partial charge is 0.381 e. The zero-order valence-electron chi connectivity index (χ0n) is 11.5. The molecule has 1 fully saturated rings. The molecule has 0 atom stereocenters. The van der Waals surface area contributed by atoms with Gasteiger partial charge >= 0.3 is 0 Å². The Morgan fingerprint density at radius 2 is 2.16 bits per heavy atom. The van der Waals surface area contributed by atoms with Gasteiger partial charge in [0.1, 0.15) is 11.4 Å². The van der Waals surface area contributed by atoms with Gasteiger partial charge in [-0.15, -0.1) is 0 Å². The molecular formula is C13H20N2O4. The third kappa shape index (κ3) is 3.19. The smallest absolute Gasteiger partial charge is 0.234 e. The molecule has 1 aromatic rings. The van der Waals surface area contributed by atoms with E-state index in [0.29, 0.717) is 44.2 Å². The molecular weight excluding hydrogens is 248 g/mol. The Morgan fingerprint density at radius 1 is 1.42 bits per heavy atom. The third-order valence-electron chi connectivity index (χ3n) is 3.44. The molecule has 0 radical (unpaired) electrons. The van der Waals surface area contributed by atoms with Gasteiger partial charge in [0.05, 0.1) is 6.42 Å². The second-order valence-electron chi connectivity index (χ2n) is 4.79. The standard InChI is InChI=1S/C13H20N2O4/c1-3-4-10(16)9-11-14-12(15-19-11)13(17-2)5-7-18-8-6-13/h3-9H2,1-2H3. The van der Waals surface area contributed by atoms with E-state index in [1.165, 1.54) is 0 Å². The summed E-state index contributed by atoms with van der Waals surface area (Å²) in [7, 11) is 1.64. The highest BCUT2D eigenvalue weighted by molar-refractivity contribution is 5.79. The predicted molar refractivity (Wildman–Crippen MR) is 66.7 cm³/mol. The fourth-order valence-corrected chi connectivity index (χ4v) is 2.27. The summed E-state index contributed by atoms with van der Waals surface area (Å²) >= 11 is 0. The van der Waals surface area contributed by atoms with Crippen molar-refractivity contribution in [2.24, 2.45) is 0 Å². The van der Waals surface area contributed by atoms with E-state index in [1.54, 1.807) is 7.11 Å². The number of Topliss-reactive ketones (excluding diaryl/α,β-unsaturated/α-hetero) is 1. The number of carbonyl (C=O) groups is 1. The van der Waals surface area contributed by atoms with Crippen molar-refractivity contribution in [3.63, 3.8) is 0 Å². The van der Waals surface area contributed by atoms with Crippen molar-refractivity contribution >= 4 is 5.78 Å². The van der Waals surface area contributed by atoms with Crippen LogP contribution in [-0.2, 0) is 26.3 Å². The fourth-order valence-electron chi connectivity index (χ4n) is 2.27. The average molecular weight is 268 g/mol. The van der Waals surface area contributed by atoms with Gasteiger partial charge in [-0.2, -0.15) is 4.98 Å². The van der Waals surface area contributed by atoms with Gasteiger partial charge in [-0.25, -0.2) is 0 Å². The molecule has 0 amide bonds. The molecule has 1 aromatic heterocycles. The van der Waals surface area contributed by atoms with E-state index in [1.807, 2.05) is 6.92 Å². The van der Waals surface area contributed by atoms with Crippen LogP contribution in [0.1, 0.15) is 44.3 Å². The maximum absolute atomic E-state index is 11.6. The summed E-state index contributed by atoms with van der Waals surface area (Å²) in [6.45, 7) is 3.21. The Hall–Kier alpha value is -1.27. The highest BCUT2D eigenvalue weighted by Crippen LogP contribution is 2.33. The molecule has 2 heterocycles. The van der Waals surface area contributed by atoms with Gasteiger partial charge in [0.2, 0.25) is 11.7 Å². The molecule has 6 heteroatoms. The minimum absolute atomic E-state index is 0.121. The van der Waals surface area contributed by atoms with E-state index < -0.39 is 5.60 Å². The molecule has 106 valence electrons. The molecule has 0 bridgehead atoms. The van der Waals surface area contributed by atoms with Crippen molar-refractivity contribution in [2.75, 3.05) is 20.3 Å². The number of methoxy groups -OCH3 is 1. The molecule has 2 rings (SSSR count). The second-order valence-corrected chi connectivity index (χ2v) is 4.79. The van der Waals surface area contributed by atoms with Crippen LogP contribution in [0.5, 0.6) is 0 Å². The average Bonchev–Trinajstić information content (AvgIpc) is 2.89. The maximum atomic E-state index is 11.6. The number of hydrogen-bond acceptors (Lipinski definition) is 6. The number of ketones is 1. The monoisotopic (exact) mass is 268 g/mol. The van der Waals surface area contributed by atoms with Crippen LogP contribution in [0.4, 0.5) is 0 Å². The Balaban J connectivity index is 2.08. The normalized spacial score (nSPS) is 18.4. The highest BCUT2D eigenvalue weighted by atomic mass is 16.5. The van der Waals surface area contributed by atoms with Crippen LogP contribution in [-0.4, -0.2) is 36.2 Å². The second kappa shape index (κ2) is 6.25. The van der Waals surface area contributed by atoms with Gasteiger partial charge in [-0.05, 0) is 6.42 Å². The van der Waals surface area contributed by atoms with Crippen LogP contribution in [0.15, 0.2) is 4.52 Å². The lowest BCUT2D eigenvalue weighted by atomic mass is 9.93. The molecule has 0 unspecified atom stereocenters. The van der Waals surface area contributed by atoms with E-state index in [2.05, 4.69) is 10.1 Å². The van der Waals surface area contributed by atoms with Crippen molar-refractivity contribution in [2.45, 2.75) is 44.6 Å². The number of carbonyl (C=O) groups excluding carboxylic acids is 1. The van der Waals surface area contributed by atoms with E-state index in [-0.39, 0.29) is 12.2 Å². The molecule has 1 aliphatic heterocycles. The van der Waals surface area contributed by atoms with Crippen LogP contribution < -0.4 is 0 Å². The minimum Gasteiger partial charge on any atom is -0.381 e. The van der Waals surface area contributed by atoms with Gasteiger partial charge in [0, 0.05) is 39.6 Å². The van der Waals surface area contributed by atoms with E-state index in [9.17, 15) is 4.79 Å². The Labute approximate surface area is 112 Å².